The summed E-state index contributed by atoms with van der Waals surface area (Å²) in [6.07, 6.45) is 10.6. The predicted molar refractivity (Wildman–Crippen MR) is 79.2 cm³/mol. The Kier molecular flexibility index (Phi) is 3.35. The van der Waals surface area contributed by atoms with Crippen molar-refractivity contribution in [2.45, 2.75) is 64.0 Å². The highest BCUT2D eigenvalue weighted by molar-refractivity contribution is 4.95. The van der Waals surface area contributed by atoms with Gasteiger partial charge in [0.25, 0.3) is 0 Å². The second-order valence-electron chi connectivity index (χ2n) is 7.88. The van der Waals surface area contributed by atoms with E-state index in [9.17, 15) is 0 Å². The molecule has 2 aliphatic carbocycles. The fraction of sp³-hybridized carbons (Fsp3) is 1.00. The van der Waals surface area contributed by atoms with Gasteiger partial charge in [-0.05, 0) is 63.3 Å². The van der Waals surface area contributed by atoms with Crippen LogP contribution in [-0.4, -0.2) is 48.1 Å². The first kappa shape index (κ1) is 12.6. The number of rotatable bonds is 2. The third-order valence-electron chi connectivity index (χ3n) is 6.67. The molecule has 2 aliphatic heterocycles. The zero-order valence-electron chi connectivity index (χ0n) is 12.6. The fourth-order valence-corrected chi connectivity index (χ4v) is 5.57. The van der Waals surface area contributed by atoms with Crippen LogP contribution in [0.5, 0.6) is 0 Å². The predicted octanol–water partition coefficient (Wildman–Crippen LogP) is 2.98. The minimum absolute atomic E-state index is 0.800. The van der Waals surface area contributed by atoms with Crippen molar-refractivity contribution in [1.82, 2.24) is 9.80 Å². The molecule has 0 radical (unpaired) electrons. The van der Waals surface area contributed by atoms with Crippen molar-refractivity contribution in [2.24, 2.45) is 17.8 Å². The molecule has 2 saturated heterocycles. The monoisotopic (exact) mass is 262 g/mol. The zero-order valence-corrected chi connectivity index (χ0v) is 12.6. The first-order valence-corrected chi connectivity index (χ1v) is 8.77. The van der Waals surface area contributed by atoms with Crippen LogP contribution in [0.2, 0.25) is 0 Å². The third-order valence-corrected chi connectivity index (χ3v) is 6.67. The van der Waals surface area contributed by atoms with Crippen LogP contribution in [0.1, 0.15) is 51.9 Å². The molecule has 0 spiro atoms. The molecule has 0 aromatic heterocycles. The topological polar surface area (TPSA) is 6.48 Å². The zero-order chi connectivity index (χ0) is 12.8. The second kappa shape index (κ2) is 5.04. The lowest BCUT2D eigenvalue weighted by atomic mass is 9.87. The average molecular weight is 262 g/mol. The summed E-state index contributed by atoms with van der Waals surface area (Å²) in [7, 11) is 0. The van der Waals surface area contributed by atoms with Gasteiger partial charge in [-0.1, -0.05) is 12.8 Å². The highest BCUT2D eigenvalue weighted by atomic mass is 15.3. The van der Waals surface area contributed by atoms with E-state index in [-0.39, 0.29) is 0 Å². The van der Waals surface area contributed by atoms with Crippen LogP contribution in [0.3, 0.4) is 0 Å². The van der Waals surface area contributed by atoms with Gasteiger partial charge in [0.15, 0.2) is 0 Å². The van der Waals surface area contributed by atoms with E-state index in [0.29, 0.717) is 0 Å². The Labute approximate surface area is 118 Å². The van der Waals surface area contributed by atoms with E-state index in [4.69, 9.17) is 0 Å². The summed E-state index contributed by atoms with van der Waals surface area (Å²) < 4.78 is 0. The van der Waals surface area contributed by atoms with E-state index < -0.39 is 0 Å². The Hall–Kier alpha value is -0.0800. The Morgan fingerprint density at radius 2 is 1.95 bits per heavy atom. The summed E-state index contributed by atoms with van der Waals surface area (Å²) >= 11 is 0. The third kappa shape index (κ3) is 2.35. The molecular formula is C17H30N2. The lowest BCUT2D eigenvalue weighted by Crippen LogP contribution is -2.59. The van der Waals surface area contributed by atoms with Gasteiger partial charge in [-0.25, -0.2) is 0 Å². The normalized spacial score (nSPS) is 47.5. The van der Waals surface area contributed by atoms with Gasteiger partial charge >= 0.3 is 0 Å². The van der Waals surface area contributed by atoms with Crippen LogP contribution < -0.4 is 0 Å². The summed E-state index contributed by atoms with van der Waals surface area (Å²) in [6.45, 7) is 7.97. The number of piperidine rings is 1. The smallest absolute Gasteiger partial charge is 0.0223 e. The molecule has 0 N–H and O–H groups in total. The molecule has 4 fully saturated rings. The van der Waals surface area contributed by atoms with Crippen molar-refractivity contribution < 1.29 is 0 Å². The summed E-state index contributed by atoms with van der Waals surface area (Å²) in [4.78, 5) is 5.64. The van der Waals surface area contributed by atoms with Gasteiger partial charge in [0, 0.05) is 31.7 Å². The Morgan fingerprint density at radius 1 is 1.00 bits per heavy atom. The van der Waals surface area contributed by atoms with E-state index in [1.807, 2.05) is 0 Å². The molecule has 2 saturated carbocycles. The van der Waals surface area contributed by atoms with Crippen LogP contribution in [-0.2, 0) is 0 Å². The van der Waals surface area contributed by atoms with E-state index in [0.717, 1.165) is 29.8 Å². The molecule has 2 heterocycles. The van der Waals surface area contributed by atoms with Crippen LogP contribution in [0, 0.1) is 17.8 Å². The molecule has 2 nitrogen and oxygen atoms in total. The van der Waals surface area contributed by atoms with Gasteiger partial charge < -0.3 is 0 Å². The number of hydrogen-bond donors (Lipinski definition) is 0. The minimum Gasteiger partial charge on any atom is -0.298 e. The molecule has 0 aromatic rings. The lowest BCUT2D eigenvalue weighted by molar-refractivity contribution is 0.00338. The van der Waals surface area contributed by atoms with Crippen LogP contribution in [0.4, 0.5) is 0 Å². The highest BCUT2D eigenvalue weighted by Crippen LogP contribution is 2.48. The van der Waals surface area contributed by atoms with Crippen LogP contribution in [0.15, 0.2) is 0 Å². The summed E-state index contributed by atoms with van der Waals surface area (Å²) in [6, 6.07) is 1.69. The number of nitrogens with zero attached hydrogens (tertiary/aromatic N) is 2. The maximum atomic E-state index is 2.86. The molecule has 2 bridgehead atoms. The van der Waals surface area contributed by atoms with Gasteiger partial charge in [0.1, 0.15) is 0 Å². The van der Waals surface area contributed by atoms with Gasteiger partial charge in [-0.15, -0.1) is 0 Å². The van der Waals surface area contributed by atoms with E-state index in [2.05, 4.69) is 16.7 Å². The fourth-order valence-electron chi connectivity index (χ4n) is 5.57. The van der Waals surface area contributed by atoms with Gasteiger partial charge in [-0.2, -0.15) is 0 Å². The van der Waals surface area contributed by atoms with Crippen molar-refractivity contribution in [3.63, 3.8) is 0 Å². The van der Waals surface area contributed by atoms with E-state index in [1.165, 1.54) is 45.4 Å². The molecule has 2 heteroatoms. The maximum absolute atomic E-state index is 2.86. The second-order valence-corrected chi connectivity index (χ2v) is 7.88. The first-order chi connectivity index (χ1) is 9.29. The molecule has 4 aliphatic rings. The number of piperazine rings is 1. The van der Waals surface area contributed by atoms with Crippen LogP contribution >= 0.6 is 0 Å². The van der Waals surface area contributed by atoms with E-state index in [1.54, 1.807) is 25.7 Å². The molecule has 0 aromatic carbocycles. The average Bonchev–Trinajstić information content (AvgIpc) is 3.02. The lowest BCUT2D eigenvalue weighted by Gasteiger charge is -2.48. The summed E-state index contributed by atoms with van der Waals surface area (Å²) in [5.74, 6) is 3.26. The van der Waals surface area contributed by atoms with Gasteiger partial charge in [0.2, 0.25) is 0 Å². The summed E-state index contributed by atoms with van der Waals surface area (Å²) in [5.41, 5.74) is 0. The minimum atomic E-state index is 0.800. The van der Waals surface area contributed by atoms with Crippen molar-refractivity contribution >= 4 is 0 Å². The molecule has 0 amide bonds. The molecular weight excluding hydrogens is 232 g/mol. The number of fused-ring (bicyclic) bond motifs is 3. The van der Waals surface area contributed by atoms with Crippen molar-refractivity contribution in [3.05, 3.63) is 0 Å². The highest BCUT2D eigenvalue weighted by Gasteiger charge is 2.41. The van der Waals surface area contributed by atoms with Crippen molar-refractivity contribution in [1.29, 1.82) is 0 Å². The molecule has 5 atom stereocenters. The first-order valence-electron chi connectivity index (χ1n) is 8.77. The Morgan fingerprint density at radius 3 is 2.74 bits per heavy atom. The standard InChI is InChI=1S/C17H30N2/c1-13-10-18-7-3-2-4-17(18)12-19(13)11-16-9-14-5-6-15(16)8-14/h13-17H,2-12H2,1H3. The van der Waals surface area contributed by atoms with Gasteiger partial charge in [-0.3, -0.25) is 9.80 Å². The van der Waals surface area contributed by atoms with Gasteiger partial charge in [0.05, 0.1) is 0 Å². The van der Waals surface area contributed by atoms with Crippen LogP contribution in [0.25, 0.3) is 0 Å². The molecule has 4 rings (SSSR count). The molecule has 19 heavy (non-hydrogen) atoms. The summed E-state index contributed by atoms with van der Waals surface area (Å²) in [5, 5.41) is 0. The quantitative estimate of drug-likeness (QED) is 0.755. The largest absolute Gasteiger partial charge is 0.298 e. The Balaban J connectivity index is 1.38. The molecule has 5 unspecified atom stereocenters. The SMILES string of the molecule is CC1CN2CCCCC2CN1CC1CC2CCC1C2. The van der Waals surface area contributed by atoms with E-state index >= 15 is 0 Å². The van der Waals surface area contributed by atoms with Crippen molar-refractivity contribution in [2.75, 3.05) is 26.2 Å². The molecule has 108 valence electrons. The van der Waals surface area contributed by atoms with Crippen molar-refractivity contribution in [3.8, 4) is 0 Å². The Bertz CT molecular complexity index is 329. The maximum Gasteiger partial charge on any atom is 0.0223 e. The number of hydrogen-bond acceptors (Lipinski definition) is 2.